The number of benzene rings is 3. The molecule has 56 heavy (non-hydrogen) atoms. The van der Waals surface area contributed by atoms with Gasteiger partial charge in [0, 0.05) is 12.7 Å². The van der Waals surface area contributed by atoms with E-state index in [2.05, 4.69) is 15.0 Å². The first kappa shape index (κ1) is 41.7. The normalized spacial score (nSPS) is 14.6. The Hall–Kier alpha value is -5.43. The predicted molar refractivity (Wildman–Crippen MR) is 219 cm³/mol. The highest BCUT2D eigenvalue weighted by molar-refractivity contribution is 7.90. The van der Waals surface area contributed by atoms with Gasteiger partial charge in [0.1, 0.15) is 28.6 Å². The lowest BCUT2D eigenvalue weighted by molar-refractivity contribution is -0.157. The van der Waals surface area contributed by atoms with Gasteiger partial charge in [-0.25, -0.2) is 17.9 Å². The Morgan fingerprint density at radius 1 is 0.982 bits per heavy atom. The number of carbonyl (C=O) groups is 2. The lowest BCUT2D eigenvalue weighted by Gasteiger charge is -2.35. The maximum absolute atomic E-state index is 13.7. The van der Waals surface area contributed by atoms with Crippen molar-refractivity contribution < 1.29 is 27.5 Å². The first-order chi connectivity index (χ1) is 26.3. The van der Waals surface area contributed by atoms with Gasteiger partial charge >= 0.3 is 5.97 Å². The summed E-state index contributed by atoms with van der Waals surface area (Å²) in [5.74, 6) is -0.996. The summed E-state index contributed by atoms with van der Waals surface area (Å²) in [6.07, 6.45) is 3.35. The van der Waals surface area contributed by atoms with Crippen molar-refractivity contribution in [2.24, 2.45) is 10.7 Å². The molecule has 298 valence electrons. The minimum atomic E-state index is -4.11. The van der Waals surface area contributed by atoms with Crippen LogP contribution in [-0.2, 0) is 32.5 Å². The standard InChI is InChI=1S/C43H53N5O7S/c1-27-28(2)37(29(3)32-22-23-43(7,8)54-36(27)32)56(52,53)47-41(44)45-24-14-21-35(40(51)55-42(4,5)6)46-38(49)34-20-15-25-48(39(34)50)26-31-18-12-13-19-33(31)30-16-10-9-11-17-30/h9-13,15-20,25,35H,14,21-24,26H2,1-8H3,(H,46,49)(H3,44,45,47)/t35-/m0/s1. The average molecular weight is 784 g/mol. The second-order valence-corrected chi connectivity index (χ2v) is 17.4. The third-order valence-electron chi connectivity index (χ3n) is 9.81. The number of carbonyl (C=O) groups excluding carboxylic acids is 2. The van der Waals surface area contributed by atoms with E-state index in [4.69, 9.17) is 15.2 Å². The summed E-state index contributed by atoms with van der Waals surface area (Å²) in [5.41, 5.74) is 9.91. The molecule has 5 rings (SSSR count). The van der Waals surface area contributed by atoms with Gasteiger partial charge in [-0.2, -0.15) is 0 Å². The molecule has 0 aliphatic carbocycles. The fourth-order valence-electron chi connectivity index (χ4n) is 6.90. The first-order valence-corrected chi connectivity index (χ1v) is 20.3. The molecule has 1 aliphatic rings. The van der Waals surface area contributed by atoms with Gasteiger partial charge in [0.25, 0.3) is 21.5 Å². The Kier molecular flexibility index (Phi) is 12.5. The van der Waals surface area contributed by atoms with Gasteiger partial charge in [0.15, 0.2) is 0 Å². The molecule has 0 radical (unpaired) electrons. The Balaban J connectivity index is 1.28. The number of nitrogens with zero attached hydrogens (tertiary/aromatic N) is 2. The summed E-state index contributed by atoms with van der Waals surface area (Å²) in [6, 6.07) is 19.5. The number of rotatable bonds is 12. The van der Waals surface area contributed by atoms with Crippen molar-refractivity contribution in [3.05, 3.63) is 117 Å². The molecule has 1 aliphatic heterocycles. The molecule has 0 bridgehead atoms. The SMILES string of the molecule is Cc1c(C)c(S(=O)(=O)NC(N)=NCCC[C@H](NC(=O)c2cccn(Cc3ccccc3-c3ccccc3)c2=O)C(=O)OC(C)(C)C)c(C)c2c1OC(C)(C)CC2. The Morgan fingerprint density at radius 3 is 2.36 bits per heavy atom. The molecule has 13 heteroatoms. The van der Waals surface area contributed by atoms with E-state index in [1.165, 1.54) is 10.6 Å². The van der Waals surface area contributed by atoms with Crippen LogP contribution in [0.5, 0.6) is 5.75 Å². The molecule has 0 fully saturated rings. The van der Waals surface area contributed by atoms with E-state index in [0.717, 1.165) is 40.0 Å². The number of nitrogens with one attached hydrogen (secondary N) is 2. The number of amides is 1. The highest BCUT2D eigenvalue weighted by Crippen LogP contribution is 2.42. The van der Waals surface area contributed by atoms with Crippen LogP contribution in [0.1, 0.15) is 92.1 Å². The van der Waals surface area contributed by atoms with Crippen LogP contribution in [0.3, 0.4) is 0 Å². The number of esters is 1. The summed E-state index contributed by atoms with van der Waals surface area (Å²) >= 11 is 0. The van der Waals surface area contributed by atoms with E-state index < -0.39 is 39.1 Å². The summed E-state index contributed by atoms with van der Waals surface area (Å²) in [6.45, 7) is 14.8. The van der Waals surface area contributed by atoms with E-state index in [1.54, 1.807) is 46.9 Å². The van der Waals surface area contributed by atoms with Crippen molar-refractivity contribution in [2.75, 3.05) is 6.54 Å². The van der Waals surface area contributed by atoms with Crippen LogP contribution in [0.2, 0.25) is 0 Å². The quantitative estimate of drug-likeness (QED) is 0.0669. The van der Waals surface area contributed by atoms with Crippen LogP contribution in [0.15, 0.2) is 87.6 Å². The second kappa shape index (κ2) is 16.7. The maximum Gasteiger partial charge on any atom is 0.329 e. The molecule has 12 nitrogen and oxygen atoms in total. The van der Waals surface area contributed by atoms with Crippen LogP contribution in [0.25, 0.3) is 11.1 Å². The third kappa shape index (κ3) is 9.86. The highest BCUT2D eigenvalue weighted by Gasteiger charge is 2.34. The molecule has 1 amide bonds. The van der Waals surface area contributed by atoms with Crippen molar-refractivity contribution in [2.45, 2.75) is 110 Å². The van der Waals surface area contributed by atoms with Crippen molar-refractivity contribution in [3.8, 4) is 16.9 Å². The summed E-state index contributed by atoms with van der Waals surface area (Å²) in [5, 5.41) is 2.69. The van der Waals surface area contributed by atoms with Gasteiger partial charge in [-0.15, -0.1) is 0 Å². The number of aliphatic imine (C=N–C) groups is 1. The third-order valence-corrected chi connectivity index (χ3v) is 11.4. The number of pyridine rings is 1. The number of nitrogens with two attached hydrogens (primary N) is 1. The maximum atomic E-state index is 13.7. The van der Waals surface area contributed by atoms with E-state index in [0.29, 0.717) is 17.5 Å². The first-order valence-electron chi connectivity index (χ1n) is 18.8. The van der Waals surface area contributed by atoms with Crippen molar-refractivity contribution in [1.29, 1.82) is 0 Å². The van der Waals surface area contributed by atoms with E-state index in [-0.39, 0.29) is 48.0 Å². The van der Waals surface area contributed by atoms with Crippen LogP contribution in [0, 0.1) is 20.8 Å². The van der Waals surface area contributed by atoms with Gasteiger partial charge < -0.3 is 25.1 Å². The monoisotopic (exact) mass is 783 g/mol. The number of ether oxygens (including phenoxy) is 2. The summed E-state index contributed by atoms with van der Waals surface area (Å²) in [4.78, 5) is 44.9. The zero-order valence-corrected chi connectivity index (χ0v) is 34.3. The van der Waals surface area contributed by atoms with Crippen LogP contribution in [-0.4, -0.2) is 54.6 Å². The van der Waals surface area contributed by atoms with Gasteiger partial charge in [-0.1, -0.05) is 54.6 Å². The molecule has 3 aromatic carbocycles. The van der Waals surface area contributed by atoms with Crippen molar-refractivity contribution >= 4 is 27.9 Å². The Labute approximate surface area is 329 Å². The van der Waals surface area contributed by atoms with Crippen LogP contribution in [0.4, 0.5) is 0 Å². The second-order valence-electron chi connectivity index (χ2n) is 15.8. The molecular weight excluding hydrogens is 731 g/mol. The van der Waals surface area contributed by atoms with E-state index >= 15 is 0 Å². The van der Waals surface area contributed by atoms with Crippen LogP contribution < -0.4 is 26.1 Å². The molecule has 1 atom stereocenters. The zero-order chi connectivity index (χ0) is 41.0. The largest absolute Gasteiger partial charge is 0.487 e. The number of sulfonamides is 1. The lowest BCUT2D eigenvalue weighted by atomic mass is 9.88. The van der Waals surface area contributed by atoms with Gasteiger partial charge in [0.05, 0.1) is 11.4 Å². The van der Waals surface area contributed by atoms with Gasteiger partial charge in [0.2, 0.25) is 5.96 Å². The van der Waals surface area contributed by atoms with E-state index in [9.17, 15) is 22.8 Å². The zero-order valence-electron chi connectivity index (χ0n) is 33.5. The number of hydrogen-bond donors (Lipinski definition) is 3. The summed E-state index contributed by atoms with van der Waals surface area (Å²) in [7, 11) is -4.11. The molecule has 0 saturated carbocycles. The summed E-state index contributed by atoms with van der Waals surface area (Å²) < 4.78 is 43.0. The number of aromatic nitrogens is 1. The molecular formula is C43H53N5O7S. The lowest BCUT2D eigenvalue weighted by Crippen LogP contribution is -2.46. The minimum absolute atomic E-state index is 0.0343. The average Bonchev–Trinajstić information content (AvgIpc) is 3.12. The topological polar surface area (TPSA) is 171 Å². The predicted octanol–water partition coefficient (Wildman–Crippen LogP) is 6.11. The Morgan fingerprint density at radius 2 is 1.66 bits per heavy atom. The number of guanidine groups is 1. The molecule has 1 aromatic heterocycles. The fourth-order valence-corrected chi connectivity index (χ4v) is 8.42. The molecule has 2 heterocycles. The van der Waals surface area contributed by atoms with Crippen LogP contribution >= 0.6 is 0 Å². The molecule has 4 aromatic rings. The molecule has 0 spiro atoms. The number of hydrogen-bond acceptors (Lipinski definition) is 8. The molecule has 0 saturated heterocycles. The molecule has 4 N–H and O–H groups in total. The number of fused-ring (bicyclic) bond motifs is 1. The molecule has 0 unspecified atom stereocenters. The van der Waals surface area contributed by atoms with Crippen molar-refractivity contribution in [1.82, 2.24) is 14.6 Å². The highest BCUT2D eigenvalue weighted by atomic mass is 32.2. The van der Waals surface area contributed by atoms with E-state index in [1.807, 2.05) is 75.4 Å². The van der Waals surface area contributed by atoms with Crippen molar-refractivity contribution in [3.63, 3.8) is 0 Å². The smallest absolute Gasteiger partial charge is 0.329 e. The fraction of sp³-hybridized carbons (Fsp3) is 0.395. The Bertz CT molecular complexity index is 2310. The van der Waals surface area contributed by atoms with Gasteiger partial charge in [-0.3, -0.25) is 14.6 Å². The van der Waals surface area contributed by atoms with Gasteiger partial charge in [-0.05, 0) is 132 Å². The minimum Gasteiger partial charge on any atom is -0.487 e.